The minimum absolute atomic E-state index is 0.185. The van der Waals surface area contributed by atoms with E-state index in [4.69, 9.17) is 4.74 Å². The number of carbonyl (C=O) groups excluding carboxylic acids is 2. The van der Waals surface area contributed by atoms with Crippen LogP contribution in [-0.4, -0.2) is 29.0 Å². The van der Waals surface area contributed by atoms with Gasteiger partial charge in [-0.3, -0.25) is 4.79 Å². The molecule has 1 amide bonds. The van der Waals surface area contributed by atoms with Crippen LogP contribution in [0.25, 0.3) is 0 Å². The molecule has 3 rings (SSSR count). The van der Waals surface area contributed by atoms with Crippen molar-refractivity contribution >= 4 is 29.2 Å². The van der Waals surface area contributed by atoms with Gasteiger partial charge in [0.05, 0.1) is 18.4 Å². The molecule has 0 aliphatic carbocycles. The lowest BCUT2D eigenvalue weighted by atomic mass is 10.1. The van der Waals surface area contributed by atoms with Gasteiger partial charge in [0.1, 0.15) is 5.69 Å². The summed E-state index contributed by atoms with van der Waals surface area (Å²) in [6.07, 6.45) is 0.957. The van der Waals surface area contributed by atoms with Gasteiger partial charge in [-0.05, 0) is 49.2 Å². The van der Waals surface area contributed by atoms with E-state index < -0.39 is 11.9 Å². The molecular formula is C22H22N4O3. The lowest BCUT2D eigenvalue weighted by Gasteiger charge is -2.11. The monoisotopic (exact) mass is 390 g/mol. The molecule has 1 aromatic heterocycles. The molecule has 0 atom stereocenters. The third-order valence-electron chi connectivity index (χ3n) is 4.29. The summed E-state index contributed by atoms with van der Waals surface area (Å²) in [7, 11) is 1.29. The molecule has 29 heavy (non-hydrogen) atoms. The number of carbonyl (C=O) groups is 2. The molecule has 0 unspecified atom stereocenters. The van der Waals surface area contributed by atoms with Crippen LogP contribution in [-0.2, 0) is 11.2 Å². The fourth-order valence-electron chi connectivity index (χ4n) is 2.76. The second-order valence-electron chi connectivity index (χ2n) is 6.38. The lowest BCUT2D eigenvalue weighted by molar-refractivity contribution is 0.0602. The molecule has 0 radical (unpaired) electrons. The molecule has 2 N–H and O–H groups in total. The van der Waals surface area contributed by atoms with E-state index in [1.165, 1.54) is 12.7 Å². The van der Waals surface area contributed by atoms with Crippen molar-refractivity contribution in [3.8, 4) is 0 Å². The third-order valence-corrected chi connectivity index (χ3v) is 4.29. The van der Waals surface area contributed by atoms with E-state index in [9.17, 15) is 9.59 Å². The van der Waals surface area contributed by atoms with Crippen molar-refractivity contribution in [2.45, 2.75) is 20.3 Å². The van der Waals surface area contributed by atoms with Crippen LogP contribution in [0.4, 0.5) is 17.3 Å². The first-order valence-corrected chi connectivity index (χ1v) is 9.20. The van der Waals surface area contributed by atoms with Gasteiger partial charge in [0, 0.05) is 11.4 Å². The maximum Gasteiger partial charge on any atom is 0.339 e. The average molecular weight is 390 g/mol. The highest BCUT2D eigenvalue weighted by Crippen LogP contribution is 2.19. The van der Waals surface area contributed by atoms with Crippen LogP contribution in [0.15, 0.2) is 54.6 Å². The number of para-hydroxylation sites is 1. The number of hydrogen-bond donors (Lipinski definition) is 2. The highest BCUT2D eigenvalue weighted by molar-refractivity contribution is 6.07. The standard InChI is InChI=1S/C22H22N4O3/c1-4-15-9-11-16(12-10-15)24-22-23-14(2)13-19(26-22)20(27)25-18-8-6-5-7-17(18)21(28)29-3/h5-13H,4H2,1-3H3,(H,25,27)(H,23,24,26). The van der Waals surface area contributed by atoms with Gasteiger partial charge in [-0.1, -0.05) is 31.2 Å². The van der Waals surface area contributed by atoms with Crippen LogP contribution in [0, 0.1) is 6.92 Å². The number of anilines is 3. The lowest BCUT2D eigenvalue weighted by Crippen LogP contribution is -2.17. The molecule has 0 aliphatic heterocycles. The topological polar surface area (TPSA) is 93.2 Å². The summed E-state index contributed by atoms with van der Waals surface area (Å²) >= 11 is 0. The molecule has 7 heteroatoms. The smallest absolute Gasteiger partial charge is 0.339 e. The van der Waals surface area contributed by atoms with Crippen molar-refractivity contribution < 1.29 is 14.3 Å². The largest absolute Gasteiger partial charge is 0.465 e. The summed E-state index contributed by atoms with van der Waals surface area (Å²) in [4.78, 5) is 33.3. The van der Waals surface area contributed by atoms with Gasteiger partial charge >= 0.3 is 5.97 Å². The number of esters is 1. The first-order chi connectivity index (χ1) is 14.0. The van der Waals surface area contributed by atoms with Crippen molar-refractivity contribution in [2.75, 3.05) is 17.7 Å². The Morgan fingerprint density at radius 2 is 1.76 bits per heavy atom. The molecule has 3 aromatic rings. The third kappa shape index (κ3) is 4.95. The van der Waals surface area contributed by atoms with Gasteiger partial charge in [-0.2, -0.15) is 0 Å². The Kier molecular flexibility index (Phi) is 6.19. The Hall–Kier alpha value is -3.74. The molecule has 0 saturated heterocycles. The zero-order chi connectivity index (χ0) is 20.8. The maximum atomic E-state index is 12.7. The first kappa shape index (κ1) is 20.0. The maximum absolute atomic E-state index is 12.7. The molecule has 1 heterocycles. The van der Waals surface area contributed by atoms with Crippen LogP contribution in [0.3, 0.4) is 0 Å². The van der Waals surface area contributed by atoms with Crippen molar-refractivity contribution in [1.29, 1.82) is 0 Å². The first-order valence-electron chi connectivity index (χ1n) is 9.20. The summed E-state index contributed by atoms with van der Waals surface area (Å²) in [6.45, 7) is 3.88. The normalized spacial score (nSPS) is 10.3. The van der Waals surface area contributed by atoms with E-state index in [2.05, 4.69) is 27.5 Å². The highest BCUT2D eigenvalue weighted by atomic mass is 16.5. The molecule has 0 spiro atoms. The van der Waals surface area contributed by atoms with E-state index in [1.807, 2.05) is 24.3 Å². The van der Waals surface area contributed by atoms with E-state index in [1.54, 1.807) is 37.3 Å². The number of benzene rings is 2. The van der Waals surface area contributed by atoms with Crippen molar-refractivity contribution in [2.24, 2.45) is 0 Å². The van der Waals surface area contributed by atoms with Gasteiger partial charge < -0.3 is 15.4 Å². The predicted molar refractivity (Wildman–Crippen MR) is 112 cm³/mol. The second kappa shape index (κ2) is 8.97. The van der Waals surface area contributed by atoms with Crippen molar-refractivity contribution in [3.63, 3.8) is 0 Å². The Labute approximate surface area is 169 Å². The SMILES string of the molecule is CCc1ccc(Nc2nc(C)cc(C(=O)Nc3ccccc3C(=O)OC)n2)cc1. The Morgan fingerprint density at radius 1 is 1.03 bits per heavy atom. The van der Waals surface area contributed by atoms with Crippen LogP contribution in [0.1, 0.15) is 39.0 Å². The van der Waals surface area contributed by atoms with Gasteiger partial charge in [0.2, 0.25) is 5.95 Å². The van der Waals surface area contributed by atoms with Crippen LogP contribution in [0.5, 0.6) is 0 Å². The second-order valence-corrected chi connectivity index (χ2v) is 6.38. The Bertz CT molecular complexity index is 1030. The highest BCUT2D eigenvalue weighted by Gasteiger charge is 2.16. The molecule has 148 valence electrons. The summed E-state index contributed by atoms with van der Waals surface area (Å²) in [5, 5.41) is 5.84. The summed E-state index contributed by atoms with van der Waals surface area (Å²) in [5.74, 6) is -0.658. The fraction of sp³-hybridized carbons (Fsp3) is 0.182. The Balaban J connectivity index is 1.82. The number of hydrogen-bond acceptors (Lipinski definition) is 6. The number of rotatable bonds is 6. The van der Waals surface area contributed by atoms with Gasteiger partial charge in [-0.15, -0.1) is 0 Å². The molecule has 0 bridgehead atoms. The molecule has 0 fully saturated rings. The van der Waals surface area contributed by atoms with E-state index >= 15 is 0 Å². The summed E-state index contributed by atoms with van der Waals surface area (Å²) < 4.78 is 4.76. The van der Waals surface area contributed by atoms with Gasteiger partial charge in [0.15, 0.2) is 0 Å². The van der Waals surface area contributed by atoms with Crippen molar-refractivity contribution in [3.05, 3.63) is 77.1 Å². The van der Waals surface area contributed by atoms with Crippen molar-refractivity contribution in [1.82, 2.24) is 9.97 Å². The fourth-order valence-corrected chi connectivity index (χ4v) is 2.76. The zero-order valence-corrected chi connectivity index (χ0v) is 16.5. The number of nitrogens with one attached hydrogen (secondary N) is 2. The number of aromatic nitrogens is 2. The minimum atomic E-state index is -0.530. The summed E-state index contributed by atoms with van der Waals surface area (Å²) in [6, 6.07) is 16.1. The quantitative estimate of drug-likeness (QED) is 0.615. The van der Waals surface area contributed by atoms with Crippen LogP contribution in [0.2, 0.25) is 0 Å². The number of aryl methyl sites for hydroxylation is 2. The van der Waals surface area contributed by atoms with Gasteiger partial charge in [0.25, 0.3) is 5.91 Å². The molecule has 0 saturated carbocycles. The molecule has 7 nitrogen and oxygen atoms in total. The van der Waals surface area contributed by atoms with Crippen LogP contribution < -0.4 is 10.6 Å². The molecule has 0 aliphatic rings. The minimum Gasteiger partial charge on any atom is -0.465 e. The van der Waals surface area contributed by atoms with E-state index in [-0.39, 0.29) is 11.3 Å². The average Bonchev–Trinajstić information content (AvgIpc) is 2.73. The molecular weight excluding hydrogens is 368 g/mol. The number of nitrogens with zero attached hydrogens (tertiary/aromatic N) is 2. The summed E-state index contributed by atoms with van der Waals surface area (Å²) in [5.41, 5.74) is 3.50. The number of amides is 1. The zero-order valence-electron chi connectivity index (χ0n) is 16.5. The van der Waals surface area contributed by atoms with Gasteiger partial charge in [-0.25, -0.2) is 14.8 Å². The van der Waals surface area contributed by atoms with Crippen LogP contribution >= 0.6 is 0 Å². The van der Waals surface area contributed by atoms with E-state index in [0.29, 0.717) is 17.3 Å². The Morgan fingerprint density at radius 3 is 2.45 bits per heavy atom. The number of methoxy groups -OCH3 is 1. The predicted octanol–water partition coefficient (Wildman–Crippen LogP) is 4.13. The molecule has 2 aromatic carbocycles. The van der Waals surface area contributed by atoms with E-state index in [0.717, 1.165) is 12.1 Å². The number of ether oxygens (including phenoxy) is 1.